The van der Waals surface area contributed by atoms with Crippen LogP contribution in [0.2, 0.25) is 0 Å². The van der Waals surface area contributed by atoms with Gasteiger partial charge >= 0.3 is 0 Å². The number of hydrogen-bond donors (Lipinski definition) is 0. The fraction of sp³-hybridized carbons (Fsp3) is 0.167. The predicted octanol–water partition coefficient (Wildman–Crippen LogP) is 7.10. The zero-order chi connectivity index (χ0) is 18.5. The Morgan fingerprint density at radius 2 is 1.59 bits per heavy atom. The minimum Gasteiger partial charge on any atom is -0.236 e. The Morgan fingerprint density at radius 1 is 0.815 bits per heavy atom. The monoisotopic (exact) mass is 368 g/mol. The molecule has 2 aromatic heterocycles. The topological polar surface area (TPSA) is 25.8 Å². The van der Waals surface area contributed by atoms with Crippen molar-refractivity contribution >= 4 is 42.4 Å². The Bertz CT molecular complexity index is 1310. The van der Waals surface area contributed by atoms with Crippen molar-refractivity contribution in [1.82, 2.24) is 9.97 Å². The van der Waals surface area contributed by atoms with E-state index >= 15 is 0 Å². The molecule has 0 N–H and O–H groups in total. The van der Waals surface area contributed by atoms with E-state index in [1.807, 2.05) is 11.3 Å². The summed E-state index contributed by atoms with van der Waals surface area (Å²) in [5.41, 5.74) is 5.85. The molecule has 2 heterocycles. The summed E-state index contributed by atoms with van der Waals surface area (Å²) in [5, 5.41) is 3.77. The maximum atomic E-state index is 4.68. The second kappa shape index (κ2) is 6.14. The van der Waals surface area contributed by atoms with Gasteiger partial charge in [-0.3, -0.25) is 0 Å². The molecule has 3 aromatic carbocycles. The molecule has 0 radical (unpaired) electrons. The second-order valence-electron chi connectivity index (χ2n) is 7.41. The third-order valence-corrected chi connectivity index (χ3v) is 6.53. The van der Waals surface area contributed by atoms with Crippen molar-refractivity contribution < 1.29 is 0 Å². The zero-order valence-corrected chi connectivity index (χ0v) is 16.5. The average Bonchev–Trinajstić information content (AvgIpc) is 3.06. The molecule has 0 fully saturated rings. The van der Waals surface area contributed by atoms with E-state index in [1.165, 1.54) is 36.9 Å². The first-order valence-corrected chi connectivity index (χ1v) is 10.1. The molecule has 3 heteroatoms. The first-order chi connectivity index (χ1) is 13.1. The molecule has 0 aliphatic carbocycles. The number of aryl methyl sites for hydroxylation is 1. The third-order valence-electron chi connectivity index (χ3n) is 5.22. The summed E-state index contributed by atoms with van der Waals surface area (Å²) in [7, 11) is 0. The van der Waals surface area contributed by atoms with Crippen molar-refractivity contribution in [3.63, 3.8) is 0 Å². The number of thiophene rings is 1. The third kappa shape index (κ3) is 2.54. The molecule has 0 atom stereocenters. The van der Waals surface area contributed by atoms with Gasteiger partial charge < -0.3 is 0 Å². The van der Waals surface area contributed by atoms with Crippen molar-refractivity contribution in [2.24, 2.45) is 0 Å². The molecule has 2 nitrogen and oxygen atoms in total. The van der Waals surface area contributed by atoms with Gasteiger partial charge in [0.2, 0.25) is 0 Å². The van der Waals surface area contributed by atoms with Gasteiger partial charge in [0.1, 0.15) is 6.33 Å². The Balaban J connectivity index is 1.88. The van der Waals surface area contributed by atoms with Crippen LogP contribution in [0.5, 0.6) is 0 Å². The Morgan fingerprint density at radius 3 is 2.41 bits per heavy atom. The lowest BCUT2D eigenvalue weighted by Gasteiger charge is -2.07. The lowest BCUT2D eigenvalue weighted by molar-refractivity contribution is 0.878. The van der Waals surface area contributed by atoms with Crippen LogP contribution in [0.15, 0.2) is 60.9 Å². The molecular formula is C24H20N2S. The molecular weight excluding hydrogens is 348 g/mol. The van der Waals surface area contributed by atoms with E-state index in [-0.39, 0.29) is 0 Å². The number of rotatable bonds is 2. The Kier molecular flexibility index (Phi) is 3.73. The van der Waals surface area contributed by atoms with Crippen molar-refractivity contribution in [2.75, 3.05) is 0 Å². The highest BCUT2D eigenvalue weighted by atomic mass is 32.1. The van der Waals surface area contributed by atoms with Gasteiger partial charge in [0.25, 0.3) is 0 Å². The lowest BCUT2D eigenvalue weighted by atomic mass is 9.99. The second-order valence-corrected chi connectivity index (χ2v) is 8.43. The van der Waals surface area contributed by atoms with Crippen molar-refractivity contribution in [2.45, 2.75) is 26.7 Å². The molecule has 5 aromatic rings. The van der Waals surface area contributed by atoms with Crippen molar-refractivity contribution in [3.05, 3.63) is 72.1 Å². The smallest absolute Gasteiger partial charge is 0.116 e. The fourth-order valence-corrected chi connectivity index (χ4v) is 5.34. The molecule has 0 saturated heterocycles. The van der Waals surface area contributed by atoms with Gasteiger partial charge in [-0.2, -0.15) is 0 Å². The van der Waals surface area contributed by atoms with E-state index in [0.717, 1.165) is 16.6 Å². The van der Waals surface area contributed by atoms with Gasteiger partial charge in [-0.1, -0.05) is 62.4 Å². The summed E-state index contributed by atoms with van der Waals surface area (Å²) in [4.78, 5) is 9.16. The molecule has 0 spiro atoms. The minimum absolute atomic E-state index is 0.507. The largest absolute Gasteiger partial charge is 0.236 e. The van der Waals surface area contributed by atoms with Gasteiger partial charge in [0.15, 0.2) is 0 Å². The average molecular weight is 369 g/mol. The van der Waals surface area contributed by atoms with Crippen LogP contribution in [-0.4, -0.2) is 9.97 Å². The SMILES string of the molecule is Cc1ccc2c(-c3cccc4c3sc3c(C(C)C)cccc34)ncnc2c1. The summed E-state index contributed by atoms with van der Waals surface area (Å²) in [5.74, 6) is 0.507. The van der Waals surface area contributed by atoms with Crippen LogP contribution in [0.1, 0.15) is 30.9 Å². The highest BCUT2D eigenvalue weighted by Crippen LogP contribution is 2.43. The fourth-order valence-electron chi connectivity index (χ4n) is 3.86. The number of hydrogen-bond acceptors (Lipinski definition) is 3. The van der Waals surface area contributed by atoms with Gasteiger partial charge in [0.05, 0.1) is 11.2 Å². The quantitative estimate of drug-likeness (QED) is 0.332. The normalized spacial score (nSPS) is 11.9. The summed E-state index contributed by atoms with van der Waals surface area (Å²) in [6.07, 6.45) is 1.68. The maximum absolute atomic E-state index is 4.68. The van der Waals surface area contributed by atoms with Crippen LogP contribution in [0.25, 0.3) is 42.3 Å². The number of fused-ring (bicyclic) bond motifs is 4. The molecule has 27 heavy (non-hydrogen) atoms. The van der Waals surface area contributed by atoms with Crippen LogP contribution < -0.4 is 0 Å². The highest BCUT2D eigenvalue weighted by molar-refractivity contribution is 7.26. The summed E-state index contributed by atoms with van der Waals surface area (Å²) >= 11 is 1.89. The van der Waals surface area contributed by atoms with Crippen LogP contribution in [0.3, 0.4) is 0 Å². The molecule has 0 aliphatic heterocycles. The van der Waals surface area contributed by atoms with E-state index in [1.54, 1.807) is 6.33 Å². The maximum Gasteiger partial charge on any atom is 0.116 e. The number of benzene rings is 3. The predicted molar refractivity (Wildman–Crippen MR) is 117 cm³/mol. The van der Waals surface area contributed by atoms with Gasteiger partial charge in [0, 0.05) is 31.1 Å². The minimum atomic E-state index is 0.507. The molecule has 5 rings (SSSR count). The van der Waals surface area contributed by atoms with Crippen molar-refractivity contribution in [3.8, 4) is 11.3 Å². The first-order valence-electron chi connectivity index (χ1n) is 9.29. The molecule has 132 valence electrons. The summed E-state index contributed by atoms with van der Waals surface area (Å²) < 4.78 is 2.70. The van der Waals surface area contributed by atoms with Crippen LogP contribution in [0, 0.1) is 6.92 Å². The van der Waals surface area contributed by atoms with Crippen molar-refractivity contribution in [1.29, 1.82) is 0 Å². The van der Waals surface area contributed by atoms with Crippen LogP contribution >= 0.6 is 11.3 Å². The van der Waals surface area contributed by atoms with Gasteiger partial charge in [-0.25, -0.2) is 9.97 Å². The summed E-state index contributed by atoms with van der Waals surface area (Å²) in [6, 6.07) is 19.7. The molecule has 0 saturated carbocycles. The Hall–Kier alpha value is -2.78. The van der Waals surface area contributed by atoms with E-state index in [2.05, 4.69) is 85.3 Å². The molecule has 0 bridgehead atoms. The van der Waals surface area contributed by atoms with E-state index in [4.69, 9.17) is 0 Å². The van der Waals surface area contributed by atoms with E-state index < -0.39 is 0 Å². The highest BCUT2D eigenvalue weighted by Gasteiger charge is 2.16. The zero-order valence-electron chi connectivity index (χ0n) is 15.7. The summed E-state index contributed by atoms with van der Waals surface area (Å²) in [6.45, 7) is 6.63. The first kappa shape index (κ1) is 16.4. The molecule has 0 amide bonds. The van der Waals surface area contributed by atoms with Gasteiger partial charge in [-0.05, 0) is 30.0 Å². The van der Waals surface area contributed by atoms with Crippen LogP contribution in [-0.2, 0) is 0 Å². The standard InChI is InChI=1S/C24H20N2S/c1-14(2)16-6-4-7-17-18-8-5-9-20(24(18)27-23(16)17)22-19-11-10-15(3)12-21(19)25-13-26-22/h4-14H,1-3H3. The van der Waals surface area contributed by atoms with Gasteiger partial charge in [-0.15, -0.1) is 11.3 Å². The van der Waals surface area contributed by atoms with E-state index in [0.29, 0.717) is 5.92 Å². The lowest BCUT2D eigenvalue weighted by Crippen LogP contribution is -1.89. The number of nitrogens with zero attached hydrogens (tertiary/aromatic N) is 2. The number of aromatic nitrogens is 2. The molecule has 0 unspecified atom stereocenters. The van der Waals surface area contributed by atoms with E-state index in [9.17, 15) is 0 Å². The van der Waals surface area contributed by atoms with Crippen LogP contribution in [0.4, 0.5) is 0 Å². The molecule has 0 aliphatic rings. The Labute approximate surface area is 162 Å².